The van der Waals surface area contributed by atoms with E-state index >= 15 is 0 Å². The van der Waals surface area contributed by atoms with E-state index in [0.717, 1.165) is 31.2 Å². The molecule has 0 heterocycles. The summed E-state index contributed by atoms with van der Waals surface area (Å²) in [6.07, 6.45) is 7.39. The van der Waals surface area contributed by atoms with Crippen molar-refractivity contribution in [2.75, 3.05) is 6.54 Å². The van der Waals surface area contributed by atoms with Gasteiger partial charge in [-0.15, -0.1) is 0 Å². The fourth-order valence-corrected chi connectivity index (χ4v) is 2.62. The van der Waals surface area contributed by atoms with Crippen molar-refractivity contribution in [3.05, 3.63) is 0 Å². The maximum Gasteiger partial charge on any atom is 0.0216 e. The van der Waals surface area contributed by atoms with Gasteiger partial charge in [-0.2, -0.15) is 0 Å². The molecule has 0 fully saturated rings. The van der Waals surface area contributed by atoms with Crippen molar-refractivity contribution in [3.8, 4) is 0 Å². The van der Waals surface area contributed by atoms with Crippen molar-refractivity contribution in [2.24, 2.45) is 17.6 Å². The number of hydrogen-bond donors (Lipinski definition) is 2. The summed E-state index contributed by atoms with van der Waals surface area (Å²) in [5.41, 5.74) is 6.20. The summed E-state index contributed by atoms with van der Waals surface area (Å²) in [5, 5.41) is 3.65. The lowest BCUT2D eigenvalue weighted by Crippen LogP contribution is -2.45. The van der Waals surface area contributed by atoms with Crippen LogP contribution in [-0.2, 0) is 0 Å². The second-order valence-electron chi connectivity index (χ2n) is 6.06. The van der Waals surface area contributed by atoms with Gasteiger partial charge in [0, 0.05) is 12.1 Å². The molecule has 0 aliphatic rings. The van der Waals surface area contributed by atoms with Gasteiger partial charge < -0.3 is 11.1 Å². The third kappa shape index (κ3) is 8.10. The van der Waals surface area contributed by atoms with Gasteiger partial charge in [-0.05, 0) is 44.1 Å². The molecular formula is C16H36N2. The van der Waals surface area contributed by atoms with E-state index in [0.29, 0.717) is 12.1 Å². The third-order valence-electron chi connectivity index (χ3n) is 4.12. The molecule has 0 rings (SSSR count). The second kappa shape index (κ2) is 10.8. The first-order valence-electron chi connectivity index (χ1n) is 8.03. The van der Waals surface area contributed by atoms with E-state index in [2.05, 4.69) is 39.9 Å². The van der Waals surface area contributed by atoms with E-state index in [1.54, 1.807) is 0 Å². The number of hydrogen-bond acceptors (Lipinski definition) is 2. The highest BCUT2D eigenvalue weighted by molar-refractivity contribution is 4.78. The van der Waals surface area contributed by atoms with Crippen molar-refractivity contribution in [1.82, 2.24) is 5.32 Å². The Kier molecular flexibility index (Phi) is 10.8. The van der Waals surface area contributed by atoms with E-state index in [1.807, 2.05) is 0 Å². The molecule has 0 radical (unpaired) electrons. The normalized spacial score (nSPS) is 18.3. The van der Waals surface area contributed by atoms with Crippen LogP contribution in [0.2, 0.25) is 0 Å². The van der Waals surface area contributed by atoms with Gasteiger partial charge in [0.15, 0.2) is 0 Å². The summed E-state index contributed by atoms with van der Waals surface area (Å²) >= 11 is 0. The third-order valence-corrected chi connectivity index (χ3v) is 4.12. The molecule has 0 aliphatic carbocycles. The van der Waals surface area contributed by atoms with E-state index in [-0.39, 0.29) is 0 Å². The summed E-state index contributed by atoms with van der Waals surface area (Å²) in [4.78, 5) is 0. The van der Waals surface area contributed by atoms with Crippen LogP contribution in [0.15, 0.2) is 0 Å². The molecule has 0 aromatic heterocycles. The molecule has 0 aliphatic heterocycles. The van der Waals surface area contributed by atoms with Crippen LogP contribution in [0.25, 0.3) is 0 Å². The number of nitrogens with two attached hydrogens (primary N) is 1. The first-order valence-corrected chi connectivity index (χ1v) is 8.03. The topological polar surface area (TPSA) is 38.0 Å². The van der Waals surface area contributed by atoms with Crippen LogP contribution in [0, 0.1) is 11.8 Å². The smallest absolute Gasteiger partial charge is 0.0216 e. The van der Waals surface area contributed by atoms with Crippen LogP contribution in [0.3, 0.4) is 0 Å². The molecule has 18 heavy (non-hydrogen) atoms. The molecule has 0 amide bonds. The molecule has 3 N–H and O–H groups in total. The molecule has 2 nitrogen and oxygen atoms in total. The predicted octanol–water partition coefficient (Wildman–Crippen LogP) is 3.94. The Morgan fingerprint density at radius 1 is 0.944 bits per heavy atom. The maximum atomic E-state index is 6.20. The maximum absolute atomic E-state index is 6.20. The van der Waals surface area contributed by atoms with Gasteiger partial charge in [-0.3, -0.25) is 0 Å². The van der Waals surface area contributed by atoms with Crippen molar-refractivity contribution >= 4 is 0 Å². The molecule has 0 bridgehead atoms. The van der Waals surface area contributed by atoms with Crippen molar-refractivity contribution in [1.29, 1.82) is 0 Å². The molecule has 110 valence electrons. The standard InChI is InChI=1S/C16H36N2/c1-6-9-15(17)16(8-3)18-11-10-14(5)12-13(4)7-2/h13-16,18H,6-12,17H2,1-5H3. The molecule has 0 saturated heterocycles. The van der Waals surface area contributed by atoms with Crippen molar-refractivity contribution in [2.45, 2.75) is 85.2 Å². The zero-order chi connectivity index (χ0) is 14.0. The number of nitrogens with one attached hydrogen (secondary N) is 1. The minimum Gasteiger partial charge on any atom is -0.326 e. The Balaban J connectivity index is 3.79. The Hall–Kier alpha value is -0.0800. The highest BCUT2D eigenvalue weighted by atomic mass is 14.9. The van der Waals surface area contributed by atoms with Crippen LogP contribution < -0.4 is 11.1 Å². The highest BCUT2D eigenvalue weighted by Crippen LogP contribution is 2.17. The van der Waals surface area contributed by atoms with E-state index < -0.39 is 0 Å². The van der Waals surface area contributed by atoms with Crippen LogP contribution >= 0.6 is 0 Å². The molecule has 0 aromatic rings. The van der Waals surface area contributed by atoms with Crippen molar-refractivity contribution in [3.63, 3.8) is 0 Å². The summed E-state index contributed by atoms with van der Waals surface area (Å²) < 4.78 is 0. The summed E-state index contributed by atoms with van der Waals surface area (Å²) in [6, 6.07) is 0.825. The van der Waals surface area contributed by atoms with Crippen LogP contribution in [0.4, 0.5) is 0 Å². The largest absolute Gasteiger partial charge is 0.326 e. The van der Waals surface area contributed by atoms with Gasteiger partial charge in [-0.1, -0.05) is 47.5 Å². The molecule has 4 unspecified atom stereocenters. The van der Waals surface area contributed by atoms with Crippen LogP contribution in [0.5, 0.6) is 0 Å². The first kappa shape index (κ1) is 17.9. The van der Waals surface area contributed by atoms with Gasteiger partial charge in [0.1, 0.15) is 0 Å². The lowest BCUT2D eigenvalue weighted by atomic mass is 9.93. The van der Waals surface area contributed by atoms with Gasteiger partial charge in [-0.25, -0.2) is 0 Å². The lowest BCUT2D eigenvalue weighted by molar-refractivity contribution is 0.349. The average Bonchev–Trinajstić information content (AvgIpc) is 2.34. The molecule has 4 atom stereocenters. The summed E-state index contributed by atoms with van der Waals surface area (Å²) in [6.45, 7) is 12.6. The Morgan fingerprint density at radius 2 is 1.61 bits per heavy atom. The molecule has 0 saturated carbocycles. The monoisotopic (exact) mass is 256 g/mol. The minimum atomic E-state index is 0.324. The predicted molar refractivity (Wildman–Crippen MR) is 82.8 cm³/mol. The molecular weight excluding hydrogens is 220 g/mol. The molecule has 0 spiro atoms. The molecule has 0 aromatic carbocycles. The van der Waals surface area contributed by atoms with Gasteiger partial charge in [0.2, 0.25) is 0 Å². The van der Waals surface area contributed by atoms with Crippen molar-refractivity contribution < 1.29 is 0 Å². The Labute approximate surface area is 115 Å². The average molecular weight is 256 g/mol. The second-order valence-corrected chi connectivity index (χ2v) is 6.06. The van der Waals surface area contributed by atoms with E-state index in [4.69, 9.17) is 5.73 Å². The minimum absolute atomic E-state index is 0.324. The fourth-order valence-electron chi connectivity index (χ4n) is 2.62. The zero-order valence-electron chi connectivity index (χ0n) is 13.3. The quantitative estimate of drug-likeness (QED) is 0.587. The highest BCUT2D eigenvalue weighted by Gasteiger charge is 2.14. The lowest BCUT2D eigenvalue weighted by Gasteiger charge is -2.25. The Bertz CT molecular complexity index is 182. The van der Waals surface area contributed by atoms with E-state index in [1.165, 1.54) is 25.7 Å². The first-order chi connectivity index (χ1) is 8.54. The summed E-state index contributed by atoms with van der Waals surface area (Å²) in [5.74, 6) is 1.69. The summed E-state index contributed by atoms with van der Waals surface area (Å²) in [7, 11) is 0. The van der Waals surface area contributed by atoms with Gasteiger partial charge in [0.25, 0.3) is 0 Å². The Morgan fingerprint density at radius 3 is 2.11 bits per heavy atom. The van der Waals surface area contributed by atoms with Crippen LogP contribution in [-0.4, -0.2) is 18.6 Å². The number of rotatable bonds is 11. The van der Waals surface area contributed by atoms with Gasteiger partial charge in [0.05, 0.1) is 0 Å². The van der Waals surface area contributed by atoms with Gasteiger partial charge >= 0.3 is 0 Å². The zero-order valence-corrected chi connectivity index (χ0v) is 13.3. The van der Waals surface area contributed by atoms with Crippen LogP contribution in [0.1, 0.15) is 73.1 Å². The SMILES string of the molecule is CCCC(N)C(CC)NCCC(C)CC(C)CC. The van der Waals surface area contributed by atoms with E-state index in [9.17, 15) is 0 Å². The fraction of sp³-hybridized carbons (Fsp3) is 1.00. The molecule has 2 heteroatoms.